The Balaban J connectivity index is 1.38. The third-order valence-electron chi connectivity index (χ3n) is 7.92. The van der Waals surface area contributed by atoms with Crippen molar-refractivity contribution >= 4 is 18.4 Å². The molecule has 0 aromatic heterocycles. The monoisotopic (exact) mass is 439 g/mol. The van der Waals surface area contributed by atoms with Gasteiger partial charge >= 0.3 is 0 Å². The molecule has 5 rings (SSSR count). The molecule has 0 radical (unpaired) electrons. The van der Waals surface area contributed by atoms with Crippen LogP contribution in [0.4, 0.5) is 0 Å². The molecule has 3 N–H and O–H groups in total. The van der Waals surface area contributed by atoms with Crippen LogP contribution in [0.5, 0.6) is 5.75 Å². The van der Waals surface area contributed by atoms with Gasteiger partial charge in [0.2, 0.25) is 0 Å². The lowest BCUT2D eigenvalue weighted by atomic mass is 9.55. The van der Waals surface area contributed by atoms with Gasteiger partial charge in [0.05, 0.1) is 6.10 Å². The maximum atomic E-state index is 11.3. The summed E-state index contributed by atoms with van der Waals surface area (Å²) in [6, 6.07) is 16.7. The highest BCUT2D eigenvalue weighted by Gasteiger charge is 2.56. The van der Waals surface area contributed by atoms with Gasteiger partial charge in [-0.2, -0.15) is 5.90 Å². The van der Waals surface area contributed by atoms with Gasteiger partial charge in [0.1, 0.15) is 5.75 Å². The van der Waals surface area contributed by atoms with Gasteiger partial charge in [0, 0.05) is 5.41 Å². The summed E-state index contributed by atoms with van der Waals surface area (Å²) >= 11 is 0.712. The molecule has 0 spiro atoms. The normalized spacial score (nSPS) is 32.9. The summed E-state index contributed by atoms with van der Waals surface area (Å²) in [7, 11) is 0. The second-order valence-corrected chi connectivity index (χ2v) is 9.81. The quantitative estimate of drug-likeness (QED) is 0.283. The Kier molecular flexibility index (Phi) is 5.84. The van der Waals surface area contributed by atoms with Crippen molar-refractivity contribution in [3.8, 4) is 5.75 Å². The van der Waals surface area contributed by atoms with Gasteiger partial charge in [-0.25, -0.2) is 0 Å². The molecule has 0 bridgehead atoms. The van der Waals surface area contributed by atoms with Crippen molar-refractivity contribution < 1.29 is 18.6 Å². The minimum Gasteiger partial charge on any atom is -0.399 e. The SMILES string of the molecule is C[C@]12CCC3c4ccc(OSOON)cc4CCC3C1CC(=Cc1ccccc1)[C@@H]2O. The van der Waals surface area contributed by atoms with Crippen molar-refractivity contribution in [2.45, 2.75) is 51.0 Å². The molecular formula is C25H29NO4S. The van der Waals surface area contributed by atoms with Crippen LogP contribution < -0.4 is 10.1 Å². The summed E-state index contributed by atoms with van der Waals surface area (Å²) in [4.78, 5) is 4.06. The minimum absolute atomic E-state index is 0.0292. The summed E-state index contributed by atoms with van der Waals surface area (Å²) in [5, 5.41) is 11.3. The van der Waals surface area contributed by atoms with Crippen molar-refractivity contribution in [2.75, 3.05) is 0 Å². The van der Waals surface area contributed by atoms with Crippen LogP contribution in [0.3, 0.4) is 0 Å². The lowest BCUT2D eigenvalue weighted by Crippen LogP contribution is -2.44. The lowest BCUT2D eigenvalue weighted by Gasteiger charge is -2.49. The molecule has 31 heavy (non-hydrogen) atoms. The first-order valence-corrected chi connectivity index (χ1v) is 11.7. The number of fused-ring (bicyclic) bond motifs is 5. The zero-order valence-electron chi connectivity index (χ0n) is 17.7. The number of aryl methyl sites for hydroxylation is 1. The molecule has 0 amide bonds. The fraction of sp³-hybridized carbons (Fsp3) is 0.440. The molecule has 3 aliphatic rings. The van der Waals surface area contributed by atoms with E-state index in [1.165, 1.54) is 22.3 Å². The van der Waals surface area contributed by atoms with E-state index in [1.54, 1.807) is 0 Å². The van der Waals surface area contributed by atoms with Crippen LogP contribution in [0.2, 0.25) is 0 Å². The topological polar surface area (TPSA) is 73.9 Å². The number of nitrogens with two attached hydrogens (primary N) is 1. The molecule has 0 heterocycles. The summed E-state index contributed by atoms with van der Waals surface area (Å²) in [6.07, 6.45) is 7.24. The highest BCUT2D eigenvalue weighted by molar-refractivity contribution is 7.90. The van der Waals surface area contributed by atoms with Crippen LogP contribution in [0.1, 0.15) is 55.2 Å². The van der Waals surface area contributed by atoms with E-state index in [1.807, 2.05) is 12.1 Å². The largest absolute Gasteiger partial charge is 0.399 e. The van der Waals surface area contributed by atoms with Gasteiger partial charge in [0.15, 0.2) is 0 Å². The van der Waals surface area contributed by atoms with E-state index in [0.29, 0.717) is 30.1 Å². The van der Waals surface area contributed by atoms with Crippen LogP contribution in [0.25, 0.3) is 6.08 Å². The van der Waals surface area contributed by atoms with E-state index in [2.05, 4.69) is 58.7 Å². The van der Waals surface area contributed by atoms with E-state index in [0.717, 1.165) is 37.9 Å². The number of hydrogen-bond donors (Lipinski definition) is 2. The van der Waals surface area contributed by atoms with Gasteiger partial charge in [0.25, 0.3) is 12.3 Å². The van der Waals surface area contributed by atoms with Gasteiger partial charge in [-0.15, -0.1) is 9.32 Å². The average molecular weight is 440 g/mol. The number of hydrogen-bond acceptors (Lipinski definition) is 6. The van der Waals surface area contributed by atoms with E-state index in [4.69, 9.17) is 10.1 Å². The second kappa shape index (κ2) is 8.60. The smallest absolute Gasteiger partial charge is 0.260 e. The molecule has 6 heteroatoms. The summed E-state index contributed by atoms with van der Waals surface area (Å²) < 4.78 is 10.00. The molecule has 3 unspecified atom stereocenters. The number of aliphatic hydroxyl groups is 1. The standard InChI is InChI=1S/C25H29NO4S/c1-25-12-11-21-20-10-8-19(28-31-30-29-26)14-17(20)7-9-22(21)23(25)15-18(24(25)27)13-16-5-3-2-4-6-16/h2-6,8,10,13-14,21-24,27H,7,9,11-12,15,26H2,1H3/t21?,22?,23?,24-,25-/m0/s1. The zero-order valence-corrected chi connectivity index (χ0v) is 18.5. The number of aliphatic hydroxyl groups excluding tert-OH is 1. The molecule has 2 aromatic carbocycles. The van der Waals surface area contributed by atoms with Crippen LogP contribution in [0, 0.1) is 17.3 Å². The fourth-order valence-electron chi connectivity index (χ4n) is 6.44. The van der Waals surface area contributed by atoms with Crippen LogP contribution in [-0.4, -0.2) is 11.2 Å². The fourth-order valence-corrected chi connectivity index (χ4v) is 6.68. The molecule has 2 aromatic rings. The first kappa shape index (κ1) is 21.0. The third kappa shape index (κ3) is 3.81. The molecule has 2 fully saturated rings. The van der Waals surface area contributed by atoms with Crippen molar-refractivity contribution in [3.05, 3.63) is 70.8 Å². The van der Waals surface area contributed by atoms with Gasteiger partial charge in [-0.3, -0.25) is 0 Å². The molecule has 164 valence electrons. The van der Waals surface area contributed by atoms with Gasteiger partial charge < -0.3 is 9.29 Å². The molecule has 0 aliphatic heterocycles. The highest BCUT2D eigenvalue weighted by Crippen LogP contribution is 2.62. The maximum Gasteiger partial charge on any atom is 0.260 e. The van der Waals surface area contributed by atoms with Crippen LogP contribution >= 0.6 is 12.3 Å². The Labute approximate surface area is 187 Å². The third-order valence-corrected chi connectivity index (χ3v) is 8.31. The van der Waals surface area contributed by atoms with Crippen molar-refractivity contribution in [1.29, 1.82) is 0 Å². The van der Waals surface area contributed by atoms with E-state index < -0.39 is 0 Å². The lowest BCUT2D eigenvalue weighted by molar-refractivity contribution is -0.199. The zero-order chi connectivity index (χ0) is 21.4. The van der Waals surface area contributed by atoms with E-state index in [9.17, 15) is 5.11 Å². The van der Waals surface area contributed by atoms with E-state index >= 15 is 0 Å². The minimum atomic E-state index is -0.349. The van der Waals surface area contributed by atoms with Crippen LogP contribution in [-0.2, 0) is 15.7 Å². The highest BCUT2D eigenvalue weighted by atomic mass is 32.2. The van der Waals surface area contributed by atoms with Gasteiger partial charge in [-0.05, 0) is 84.3 Å². The molecule has 5 nitrogen and oxygen atoms in total. The van der Waals surface area contributed by atoms with Crippen molar-refractivity contribution in [2.24, 2.45) is 23.1 Å². The first-order valence-electron chi connectivity index (χ1n) is 11.0. The average Bonchev–Trinajstić information content (AvgIpc) is 3.05. The predicted octanol–water partition coefficient (Wildman–Crippen LogP) is 5.36. The van der Waals surface area contributed by atoms with Crippen molar-refractivity contribution in [1.82, 2.24) is 0 Å². The Morgan fingerprint density at radius 3 is 2.81 bits per heavy atom. The summed E-state index contributed by atoms with van der Waals surface area (Å²) in [6.45, 7) is 2.31. The molecular weight excluding hydrogens is 410 g/mol. The Morgan fingerprint density at radius 1 is 1.16 bits per heavy atom. The molecule has 3 aliphatic carbocycles. The van der Waals surface area contributed by atoms with Gasteiger partial charge in [-0.1, -0.05) is 49.4 Å². The summed E-state index contributed by atoms with van der Waals surface area (Å²) in [5.41, 5.74) is 5.15. The molecule has 2 saturated carbocycles. The Hall–Kier alpha value is -1.83. The van der Waals surface area contributed by atoms with Crippen LogP contribution in [0.15, 0.2) is 54.1 Å². The predicted molar refractivity (Wildman–Crippen MR) is 121 cm³/mol. The van der Waals surface area contributed by atoms with E-state index in [-0.39, 0.29) is 11.5 Å². The number of benzene rings is 2. The molecule has 5 atom stereocenters. The van der Waals surface area contributed by atoms with Crippen molar-refractivity contribution in [3.63, 3.8) is 0 Å². The maximum absolute atomic E-state index is 11.3. The first-order chi connectivity index (χ1) is 15.1. The second-order valence-electron chi connectivity index (χ2n) is 9.37. The Bertz CT molecular complexity index is 965. The summed E-state index contributed by atoms with van der Waals surface area (Å²) in [5.74, 6) is 7.27. The molecule has 0 saturated heterocycles. The number of rotatable bonds is 5. The Morgan fingerprint density at radius 2 is 2.00 bits per heavy atom.